The lowest BCUT2D eigenvalue weighted by molar-refractivity contribution is 0.0615. The molecule has 0 aliphatic rings. The molecule has 2 aromatic rings. The third-order valence-electron chi connectivity index (χ3n) is 2.77. The minimum atomic E-state index is -0.485. The molecule has 20 heavy (non-hydrogen) atoms. The van der Waals surface area contributed by atoms with Crippen molar-refractivity contribution in [3.05, 3.63) is 10.9 Å². The number of fused-ring (bicyclic) bond motifs is 1. The van der Waals surface area contributed by atoms with Crippen LogP contribution in [-0.4, -0.2) is 41.4 Å². The van der Waals surface area contributed by atoms with Crippen molar-refractivity contribution in [2.24, 2.45) is 5.84 Å². The number of anilines is 2. The van der Waals surface area contributed by atoms with Crippen molar-refractivity contribution in [1.29, 1.82) is 0 Å². The molecule has 0 amide bonds. The number of rotatable bonds is 7. The number of aromatic nitrogens is 2. The Morgan fingerprint density at radius 3 is 3.00 bits per heavy atom. The van der Waals surface area contributed by atoms with Crippen LogP contribution in [0, 0.1) is 6.92 Å². The monoisotopic (exact) mass is 297 g/mol. The number of ether oxygens (including phenoxy) is 1. The van der Waals surface area contributed by atoms with Gasteiger partial charge in [0.2, 0.25) is 5.95 Å². The van der Waals surface area contributed by atoms with E-state index >= 15 is 0 Å². The average Bonchev–Trinajstić information content (AvgIpc) is 2.79. The lowest BCUT2D eigenvalue weighted by atomic mass is 10.2. The molecule has 8 heteroatoms. The van der Waals surface area contributed by atoms with Gasteiger partial charge in [0.05, 0.1) is 18.1 Å². The standard InChI is InChI=1S/C12H19N5O2S/c1-7-5-9-10(14-4-3-8(18)6-19-2)15-12(17-13)16-11(9)20-7/h5,8,18H,3-4,6,13H2,1-2H3,(H2,14,15,16,17). The van der Waals surface area contributed by atoms with Gasteiger partial charge < -0.3 is 15.2 Å². The zero-order valence-corrected chi connectivity index (χ0v) is 12.3. The Labute approximate surface area is 121 Å². The highest BCUT2D eigenvalue weighted by atomic mass is 32.1. The predicted octanol–water partition coefficient (Wildman–Crippen LogP) is 1.09. The third-order valence-corrected chi connectivity index (χ3v) is 3.72. The lowest BCUT2D eigenvalue weighted by Gasteiger charge is -2.11. The number of nitrogen functional groups attached to an aromatic ring is 1. The Morgan fingerprint density at radius 2 is 2.30 bits per heavy atom. The van der Waals surface area contributed by atoms with Crippen LogP contribution in [0.1, 0.15) is 11.3 Å². The molecule has 1 atom stereocenters. The third kappa shape index (κ3) is 3.54. The maximum Gasteiger partial charge on any atom is 0.240 e. The Kier molecular flexibility index (Phi) is 5.07. The normalized spacial score (nSPS) is 12.6. The number of thiophene rings is 1. The number of hydrogen-bond donors (Lipinski definition) is 4. The Bertz CT molecular complexity index is 574. The van der Waals surface area contributed by atoms with Crippen LogP contribution in [0.5, 0.6) is 0 Å². The smallest absolute Gasteiger partial charge is 0.240 e. The molecule has 5 N–H and O–H groups in total. The van der Waals surface area contributed by atoms with E-state index in [0.29, 0.717) is 25.5 Å². The summed E-state index contributed by atoms with van der Waals surface area (Å²) < 4.78 is 4.89. The van der Waals surface area contributed by atoms with E-state index in [4.69, 9.17) is 10.6 Å². The van der Waals surface area contributed by atoms with E-state index in [9.17, 15) is 5.11 Å². The van der Waals surface area contributed by atoms with Gasteiger partial charge in [-0.1, -0.05) is 0 Å². The molecule has 0 fully saturated rings. The highest BCUT2D eigenvalue weighted by molar-refractivity contribution is 7.18. The number of aliphatic hydroxyl groups excluding tert-OH is 1. The molecule has 0 spiro atoms. The summed E-state index contributed by atoms with van der Waals surface area (Å²) >= 11 is 1.59. The molecule has 110 valence electrons. The zero-order valence-electron chi connectivity index (χ0n) is 11.5. The molecule has 0 saturated heterocycles. The van der Waals surface area contributed by atoms with Gasteiger partial charge in [-0.3, -0.25) is 5.43 Å². The summed E-state index contributed by atoms with van der Waals surface area (Å²) in [5.74, 6) is 6.47. The second-order valence-corrected chi connectivity index (χ2v) is 5.68. The summed E-state index contributed by atoms with van der Waals surface area (Å²) in [6.45, 7) is 2.94. The topological polar surface area (TPSA) is 105 Å². The fraction of sp³-hybridized carbons (Fsp3) is 0.500. The molecule has 0 radical (unpaired) electrons. The molecule has 2 rings (SSSR count). The van der Waals surface area contributed by atoms with Crippen molar-refractivity contribution in [3.8, 4) is 0 Å². The molecule has 0 aromatic carbocycles. The second kappa shape index (κ2) is 6.80. The predicted molar refractivity (Wildman–Crippen MR) is 81.0 cm³/mol. The van der Waals surface area contributed by atoms with Crippen molar-refractivity contribution in [2.75, 3.05) is 31.0 Å². The highest BCUT2D eigenvalue weighted by Gasteiger charge is 2.10. The van der Waals surface area contributed by atoms with Crippen LogP contribution >= 0.6 is 11.3 Å². The van der Waals surface area contributed by atoms with Crippen LogP contribution in [-0.2, 0) is 4.74 Å². The van der Waals surface area contributed by atoms with Crippen molar-refractivity contribution >= 4 is 33.3 Å². The summed E-state index contributed by atoms with van der Waals surface area (Å²) in [6.07, 6.45) is 0.0922. The molecular weight excluding hydrogens is 278 g/mol. The van der Waals surface area contributed by atoms with Crippen LogP contribution in [0.3, 0.4) is 0 Å². The van der Waals surface area contributed by atoms with E-state index in [2.05, 4.69) is 20.7 Å². The number of hydrogen-bond acceptors (Lipinski definition) is 8. The molecule has 2 heterocycles. The van der Waals surface area contributed by atoms with E-state index in [1.54, 1.807) is 18.4 Å². The van der Waals surface area contributed by atoms with Crippen LogP contribution < -0.4 is 16.6 Å². The maximum absolute atomic E-state index is 9.62. The maximum atomic E-state index is 9.62. The van der Waals surface area contributed by atoms with E-state index in [1.807, 2.05) is 13.0 Å². The Hall–Kier alpha value is -1.48. The molecule has 0 aliphatic heterocycles. The minimum Gasteiger partial charge on any atom is -0.391 e. The first-order chi connectivity index (χ1) is 9.63. The van der Waals surface area contributed by atoms with Gasteiger partial charge in [-0.15, -0.1) is 11.3 Å². The first kappa shape index (κ1) is 14.9. The summed E-state index contributed by atoms with van der Waals surface area (Å²) in [5, 5.41) is 13.8. The summed E-state index contributed by atoms with van der Waals surface area (Å²) in [7, 11) is 1.57. The van der Waals surface area contributed by atoms with E-state index < -0.39 is 6.10 Å². The number of aliphatic hydroxyl groups is 1. The molecule has 0 saturated carbocycles. The zero-order chi connectivity index (χ0) is 14.5. The van der Waals surface area contributed by atoms with Crippen molar-refractivity contribution in [3.63, 3.8) is 0 Å². The lowest BCUT2D eigenvalue weighted by Crippen LogP contribution is -2.19. The SMILES string of the molecule is COCC(O)CCNc1nc(NN)nc2sc(C)cc12. The van der Waals surface area contributed by atoms with Crippen LogP contribution in [0.25, 0.3) is 10.2 Å². The number of methoxy groups -OCH3 is 1. The van der Waals surface area contributed by atoms with Gasteiger partial charge in [0.25, 0.3) is 0 Å². The number of nitrogens with two attached hydrogens (primary N) is 1. The first-order valence-corrected chi connectivity index (χ1v) is 7.11. The van der Waals surface area contributed by atoms with Gasteiger partial charge in [0.15, 0.2) is 0 Å². The molecule has 2 aromatic heterocycles. The molecule has 7 nitrogen and oxygen atoms in total. The van der Waals surface area contributed by atoms with E-state index in [-0.39, 0.29) is 0 Å². The molecular formula is C12H19N5O2S. The number of nitrogens with one attached hydrogen (secondary N) is 2. The largest absolute Gasteiger partial charge is 0.391 e. The molecule has 1 unspecified atom stereocenters. The van der Waals surface area contributed by atoms with Gasteiger partial charge in [-0.25, -0.2) is 10.8 Å². The van der Waals surface area contributed by atoms with Crippen molar-refractivity contribution in [2.45, 2.75) is 19.4 Å². The summed E-state index contributed by atoms with van der Waals surface area (Å²) in [4.78, 5) is 10.7. The highest BCUT2D eigenvalue weighted by Crippen LogP contribution is 2.29. The van der Waals surface area contributed by atoms with Gasteiger partial charge >= 0.3 is 0 Å². The van der Waals surface area contributed by atoms with Gasteiger partial charge in [-0.05, 0) is 19.4 Å². The van der Waals surface area contributed by atoms with Gasteiger partial charge in [-0.2, -0.15) is 4.98 Å². The second-order valence-electron chi connectivity index (χ2n) is 4.44. The van der Waals surface area contributed by atoms with Crippen LogP contribution in [0.4, 0.5) is 11.8 Å². The summed E-state index contributed by atoms with van der Waals surface area (Å²) in [5.41, 5.74) is 2.46. The molecule has 0 aliphatic carbocycles. The quantitative estimate of drug-likeness (QED) is 0.448. The Morgan fingerprint density at radius 1 is 1.50 bits per heavy atom. The number of nitrogens with zero attached hydrogens (tertiary/aromatic N) is 2. The van der Waals surface area contributed by atoms with Gasteiger partial charge in [0.1, 0.15) is 10.6 Å². The molecule has 0 bridgehead atoms. The first-order valence-electron chi connectivity index (χ1n) is 6.29. The number of hydrazine groups is 1. The van der Waals surface area contributed by atoms with E-state index in [1.165, 1.54) is 0 Å². The Balaban J connectivity index is 2.11. The number of aryl methyl sites for hydroxylation is 1. The van der Waals surface area contributed by atoms with Crippen molar-refractivity contribution in [1.82, 2.24) is 9.97 Å². The van der Waals surface area contributed by atoms with Crippen LogP contribution in [0.15, 0.2) is 6.07 Å². The minimum absolute atomic E-state index is 0.327. The fourth-order valence-corrected chi connectivity index (χ4v) is 2.75. The average molecular weight is 297 g/mol. The fourth-order valence-electron chi connectivity index (χ4n) is 1.87. The summed E-state index contributed by atoms with van der Waals surface area (Å²) in [6, 6.07) is 2.04. The van der Waals surface area contributed by atoms with Crippen LogP contribution in [0.2, 0.25) is 0 Å². The van der Waals surface area contributed by atoms with Crippen molar-refractivity contribution < 1.29 is 9.84 Å². The van der Waals surface area contributed by atoms with Gasteiger partial charge in [0, 0.05) is 18.5 Å². The van der Waals surface area contributed by atoms with E-state index in [0.717, 1.165) is 20.9 Å².